The van der Waals surface area contributed by atoms with Crippen LogP contribution in [-0.4, -0.2) is 14.4 Å². The van der Waals surface area contributed by atoms with Crippen LogP contribution in [0.3, 0.4) is 0 Å². The molecule has 0 fully saturated rings. The number of nitrogens with one attached hydrogen (secondary N) is 1. The summed E-state index contributed by atoms with van der Waals surface area (Å²) in [6, 6.07) is 8.15. The van der Waals surface area contributed by atoms with Crippen LogP contribution in [-0.2, 0) is 0 Å². The fourth-order valence-corrected chi connectivity index (χ4v) is 2.24. The van der Waals surface area contributed by atoms with Gasteiger partial charge in [0.05, 0.1) is 0 Å². The van der Waals surface area contributed by atoms with Gasteiger partial charge in [0.25, 0.3) is 0 Å². The van der Waals surface area contributed by atoms with Crippen LogP contribution in [0.5, 0.6) is 0 Å². The van der Waals surface area contributed by atoms with Gasteiger partial charge < -0.3 is 9.72 Å². The second-order valence-corrected chi connectivity index (χ2v) is 4.88. The molecule has 0 saturated carbocycles. The van der Waals surface area contributed by atoms with Crippen molar-refractivity contribution < 1.29 is 0 Å². The second kappa shape index (κ2) is 4.42. The van der Waals surface area contributed by atoms with Crippen LogP contribution in [0.15, 0.2) is 47.5 Å². The number of rotatable bonds is 2. The number of halogens is 1. The minimum atomic E-state index is 0.736. The summed E-state index contributed by atoms with van der Waals surface area (Å²) >= 11 is 3.40. The van der Waals surface area contributed by atoms with Crippen LogP contribution < -0.4 is 5.32 Å². The fraction of sp³-hybridized carbons (Fsp3) is 0.0769. The Morgan fingerprint density at radius 1 is 1.33 bits per heavy atom. The third-order valence-corrected chi connectivity index (χ3v) is 3.01. The van der Waals surface area contributed by atoms with Crippen molar-refractivity contribution in [3.05, 3.63) is 53.0 Å². The number of hydrogen-bond acceptors (Lipinski definition) is 3. The minimum Gasteiger partial charge on any atom is -0.337 e. The molecule has 2 aromatic heterocycles. The number of imidazole rings is 1. The summed E-state index contributed by atoms with van der Waals surface area (Å²) in [4.78, 5) is 8.72. The minimum absolute atomic E-state index is 0.736. The molecular weight excluding hydrogens is 292 g/mol. The van der Waals surface area contributed by atoms with Crippen molar-refractivity contribution in [2.75, 3.05) is 5.32 Å². The summed E-state index contributed by atoms with van der Waals surface area (Å²) in [6.07, 6.45) is 5.53. The topological polar surface area (TPSA) is 42.2 Å². The molecule has 0 spiro atoms. The predicted molar refractivity (Wildman–Crippen MR) is 75.1 cm³/mol. The number of fused-ring (bicyclic) bond motifs is 1. The molecule has 0 radical (unpaired) electrons. The quantitative estimate of drug-likeness (QED) is 0.787. The molecule has 0 aliphatic rings. The Hall–Kier alpha value is -1.88. The van der Waals surface area contributed by atoms with Crippen molar-refractivity contribution in [3.8, 4) is 0 Å². The van der Waals surface area contributed by atoms with Gasteiger partial charge in [-0.1, -0.05) is 12.1 Å². The normalized spacial score (nSPS) is 10.8. The number of benzene rings is 1. The Kier molecular flexibility index (Phi) is 2.76. The van der Waals surface area contributed by atoms with E-state index < -0.39 is 0 Å². The molecule has 1 aromatic carbocycles. The third-order valence-electron chi connectivity index (χ3n) is 2.63. The van der Waals surface area contributed by atoms with E-state index in [1.165, 1.54) is 5.56 Å². The van der Waals surface area contributed by atoms with Crippen LogP contribution >= 0.6 is 15.9 Å². The molecule has 4 nitrogen and oxygen atoms in total. The SMILES string of the molecule is Cc1cccc(Nc2nc(Br)cn3ccnc23)c1. The molecule has 0 unspecified atom stereocenters. The van der Waals surface area contributed by atoms with Crippen molar-refractivity contribution in [1.82, 2.24) is 14.4 Å². The van der Waals surface area contributed by atoms with Gasteiger partial charge in [-0.25, -0.2) is 9.97 Å². The van der Waals surface area contributed by atoms with Gasteiger partial charge in [0.2, 0.25) is 0 Å². The van der Waals surface area contributed by atoms with E-state index in [1.807, 2.05) is 28.9 Å². The summed E-state index contributed by atoms with van der Waals surface area (Å²) in [5.74, 6) is 0.736. The molecule has 2 heterocycles. The summed E-state index contributed by atoms with van der Waals surface area (Å²) < 4.78 is 2.69. The number of anilines is 2. The van der Waals surface area contributed by atoms with Crippen molar-refractivity contribution in [2.24, 2.45) is 0 Å². The zero-order valence-electron chi connectivity index (χ0n) is 9.76. The molecule has 0 aliphatic heterocycles. The van der Waals surface area contributed by atoms with Gasteiger partial charge in [-0.05, 0) is 40.5 Å². The van der Waals surface area contributed by atoms with Crippen molar-refractivity contribution >= 4 is 33.1 Å². The first-order valence-electron chi connectivity index (χ1n) is 5.55. The number of hydrogen-bond donors (Lipinski definition) is 1. The predicted octanol–water partition coefficient (Wildman–Crippen LogP) is 3.54. The molecule has 0 bridgehead atoms. The Bertz CT molecular complexity index is 705. The van der Waals surface area contributed by atoms with Crippen molar-refractivity contribution in [3.63, 3.8) is 0 Å². The molecule has 18 heavy (non-hydrogen) atoms. The maximum absolute atomic E-state index is 4.42. The molecule has 5 heteroatoms. The first-order chi connectivity index (χ1) is 8.72. The molecular formula is C13H11BrN4. The van der Waals surface area contributed by atoms with Gasteiger partial charge in [0.1, 0.15) is 4.60 Å². The molecule has 0 atom stereocenters. The molecule has 3 aromatic rings. The van der Waals surface area contributed by atoms with Crippen LogP contribution in [0, 0.1) is 6.92 Å². The smallest absolute Gasteiger partial charge is 0.180 e. The molecule has 1 N–H and O–H groups in total. The maximum Gasteiger partial charge on any atom is 0.180 e. The summed E-state index contributed by atoms with van der Waals surface area (Å²) in [5, 5.41) is 3.29. The summed E-state index contributed by atoms with van der Waals surface area (Å²) in [6.45, 7) is 2.06. The highest BCUT2D eigenvalue weighted by Gasteiger charge is 2.06. The zero-order valence-corrected chi connectivity index (χ0v) is 11.3. The lowest BCUT2D eigenvalue weighted by atomic mass is 10.2. The molecule has 90 valence electrons. The number of aryl methyl sites for hydroxylation is 1. The first kappa shape index (κ1) is 11.2. The van der Waals surface area contributed by atoms with E-state index in [4.69, 9.17) is 0 Å². The highest BCUT2D eigenvalue weighted by atomic mass is 79.9. The maximum atomic E-state index is 4.42. The van der Waals surface area contributed by atoms with Gasteiger partial charge in [0.15, 0.2) is 11.5 Å². The van der Waals surface area contributed by atoms with Crippen LogP contribution in [0.25, 0.3) is 5.65 Å². The Balaban J connectivity index is 2.06. The van der Waals surface area contributed by atoms with Crippen LogP contribution in [0.4, 0.5) is 11.5 Å². The first-order valence-corrected chi connectivity index (χ1v) is 6.34. The fourth-order valence-electron chi connectivity index (χ4n) is 1.84. The molecule has 3 rings (SSSR count). The van der Waals surface area contributed by atoms with E-state index in [0.717, 1.165) is 21.8 Å². The lowest BCUT2D eigenvalue weighted by Gasteiger charge is -2.08. The number of aromatic nitrogens is 3. The zero-order chi connectivity index (χ0) is 12.5. The van der Waals surface area contributed by atoms with Crippen molar-refractivity contribution in [1.29, 1.82) is 0 Å². The molecule has 0 amide bonds. The molecule has 0 aliphatic carbocycles. The van der Waals surface area contributed by atoms with Crippen LogP contribution in [0.2, 0.25) is 0 Å². The van der Waals surface area contributed by atoms with E-state index in [2.05, 4.69) is 50.3 Å². The van der Waals surface area contributed by atoms with E-state index in [-0.39, 0.29) is 0 Å². The van der Waals surface area contributed by atoms with Crippen molar-refractivity contribution in [2.45, 2.75) is 6.92 Å². The van der Waals surface area contributed by atoms with Gasteiger partial charge in [-0.3, -0.25) is 0 Å². The lowest BCUT2D eigenvalue weighted by Crippen LogP contribution is -1.98. The Labute approximate surface area is 113 Å². The van der Waals surface area contributed by atoms with Gasteiger partial charge in [-0.2, -0.15) is 0 Å². The van der Waals surface area contributed by atoms with E-state index in [9.17, 15) is 0 Å². The Morgan fingerprint density at radius 2 is 2.22 bits per heavy atom. The monoisotopic (exact) mass is 302 g/mol. The van der Waals surface area contributed by atoms with Gasteiger partial charge in [0, 0.05) is 24.3 Å². The van der Waals surface area contributed by atoms with E-state index in [1.54, 1.807) is 6.20 Å². The average Bonchev–Trinajstić information content (AvgIpc) is 2.77. The third kappa shape index (κ3) is 2.09. The van der Waals surface area contributed by atoms with E-state index in [0.29, 0.717) is 0 Å². The average molecular weight is 303 g/mol. The van der Waals surface area contributed by atoms with Gasteiger partial charge >= 0.3 is 0 Å². The highest BCUT2D eigenvalue weighted by Crippen LogP contribution is 2.21. The Morgan fingerprint density at radius 3 is 3.06 bits per heavy atom. The second-order valence-electron chi connectivity index (χ2n) is 4.06. The summed E-state index contributed by atoms with van der Waals surface area (Å²) in [7, 11) is 0. The van der Waals surface area contributed by atoms with E-state index >= 15 is 0 Å². The lowest BCUT2D eigenvalue weighted by molar-refractivity contribution is 1.10. The van der Waals surface area contributed by atoms with Crippen LogP contribution in [0.1, 0.15) is 5.56 Å². The standard InChI is InChI=1S/C13H11BrN4/c1-9-3-2-4-10(7-9)16-12-13-15-5-6-18(13)8-11(14)17-12/h2-8H,1H3,(H,16,17). The highest BCUT2D eigenvalue weighted by molar-refractivity contribution is 9.10. The molecule has 0 saturated heterocycles. The largest absolute Gasteiger partial charge is 0.337 e. The number of nitrogens with zero attached hydrogens (tertiary/aromatic N) is 3. The summed E-state index contributed by atoms with van der Waals surface area (Å²) in [5.41, 5.74) is 3.01. The van der Waals surface area contributed by atoms with Gasteiger partial charge in [-0.15, -0.1) is 0 Å².